The van der Waals surface area contributed by atoms with Gasteiger partial charge in [-0.15, -0.1) is 0 Å². The molecule has 0 saturated heterocycles. The van der Waals surface area contributed by atoms with E-state index in [9.17, 15) is 0 Å². The number of hydrogen-bond acceptors (Lipinski definition) is 3. The average Bonchev–Trinajstić information content (AvgIpc) is 2.40. The van der Waals surface area contributed by atoms with Crippen LogP contribution in [0, 0.1) is 13.8 Å². The Hall–Kier alpha value is -1.87. The SMILES string of the molecule is CCNCc1cnc(C)cc1Oc1ccc(C)cc1. The molecule has 3 heteroatoms. The van der Waals surface area contributed by atoms with E-state index < -0.39 is 0 Å². The maximum Gasteiger partial charge on any atom is 0.135 e. The van der Waals surface area contributed by atoms with Crippen molar-refractivity contribution in [3.8, 4) is 11.5 Å². The molecule has 0 fully saturated rings. The Kier molecular flexibility index (Phi) is 4.53. The molecule has 0 amide bonds. The molecule has 100 valence electrons. The van der Waals surface area contributed by atoms with Gasteiger partial charge in [0.05, 0.1) is 0 Å². The second-order valence-corrected chi connectivity index (χ2v) is 4.63. The summed E-state index contributed by atoms with van der Waals surface area (Å²) in [4.78, 5) is 4.33. The van der Waals surface area contributed by atoms with E-state index in [1.165, 1.54) is 5.56 Å². The number of aromatic nitrogens is 1. The van der Waals surface area contributed by atoms with E-state index in [0.717, 1.165) is 35.8 Å². The van der Waals surface area contributed by atoms with Crippen LogP contribution in [0.25, 0.3) is 0 Å². The quantitative estimate of drug-likeness (QED) is 0.887. The van der Waals surface area contributed by atoms with Crippen LogP contribution in [0.15, 0.2) is 36.5 Å². The maximum absolute atomic E-state index is 5.96. The molecule has 1 N–H and O–H groups in total. The first kappa shape index (κ1) is 13.6. The van der Waals surface area contributed by atoms with Crippen LogP contribution in [0.3, 0.4) is 0 Å². The number of nitrogens with zero attached hydrogens (tertiary/aromatic N) is 1. The first-order chi connectivity index (χ1) is 9.19. The summed E-state index contributed by atoms with van der Waals surface area (Å²) >= 11 is 0. The van der Waals surface area contributed by atoms with Gasteiger partial charge in [0.15, 0.2) is 0 Å². The van der Waals surface area contributed by atoms with Gasteiger partial charge in [-0.2, -0.15) is 0 Å². The Bertz CT molecular complexity index is 535. The lowest BCUT2D eigenvalue weighted by Crippen LogP contribution is -2.12. The van der Waals surface area contributed by atoms with Crippen LogP contribution in [0.2, 0.25) is 0 Å². The molecule has 0 bridgehead atoms. The molecule has 2 rings (SSSR count). The minimum atomic E-state index is 0.769. The number of hydrogen-bond donors (Lipinski definition) is 1. The van der Waals surface area contributed by atoms with Gasteiger partial charge in [-0.25, -0.2) is 0 Å². The summed E-state index contributed by atoms with van der Waals surface area (Å²) < 4.78 is 5.96. The van der Waals surface area contributed by atoms with Crippen molar-refractivity contribution in [3.05, 3.63) is 53.3 Å². The molecule has 3 nitrogen and oxygen atoms in total. The molecule has 0 aliphatic carbocycles. The molecule has 0 radical (unpaired) electrons. The zero-order chi connectivity index (χ0) is 13.7. The molecule has 2 aromatic rings. The molecular weight excluding hydrogens is 236 g/mol. The molecule has 1 heterocycles. The lowest BCUT2D eigenvalue weighted by atomic mass is 10.2. The van der Waals surface area contributed by atoms with Gasteiger partial charge in [0.2, 0.25) is 0 Å². The molecule has 0 saturated carbocycles. The highest BCUT2D eigenvalue weighted by molar-refractivity contribution is 5.38. The molecule has 0 aliphatic rings. The first-order valence-corrected chi connectivity index (χ1v) is 6.60. The molecule has 0 atom stereocenters. The third-order valence-electron chi connectivity index (χ3n) is 2.89. The number of nitrogens with one attached hydrogen (secondary N) is 1. The van der Waals surface area contributed by atoms with Crippen molar-refractivity contribution < 1.29 is 4.74 Å². The second kappa shape index (κ2) is 6.34. The van der Waals surface area contributed by atoms with E-state index in [1.54, 1.807) is 0 Å². The van der Waals surface area contributed by atoms with Gasteiger partial charge in [-0.1, -0.05) is 24.6 Å². The minimum absolute atomic E-state index is 0.769. The predicted molar refractivity (Wildman–Crippen MR) is 77.6 cm³/mol. The van der Waals surface area contributed by atoms with Crippen molar-refractivity contribution in [2.75, 3.05) is 6.54 Å². The topological polar surface area (TPSA) is 34.2 Å². The average molecular weight is 256 g/mol. The standard InChI is InChI=1S/C16H20N2O/c1-4-17-10-14-11-18-13(3)9-16(14)19-15-7-5-12(2)6-8-15/h5-9,11,17H,4,10H2,1-3H3. The van der Waals surface area contributed by atoms with Crippen molar-refractivity contribution in [3.63, 3.8) is 0 Å². The van der Waals surface area contributed by atoms with Gasteiger partial charge >= 0.3 is 0 Å². The Labute approximate surface area is 114 Å². The Balaban J connectivity index is 2.22. The maximum atomic E-state index is 5.96. The van der Waals surface area contributed by atoms with E-state index in [1.807, 2.05) is 43.5 Å². The third-order valence-corrected chi connectivity index (χ3v) is 2.89. The summed E-state index contributed by atoms with van der Waals surface area (Å²) in [6.45, 7) is 7.82. The molecule has 0 aliphatic heterocycles. The smallest absolute Gasteiger partial charge is 0.135 e. The van der Waals surface area contributed by atoms with Crippen molar-refractivity contribution in [2.24, 2.45) is 0 Å². The molecule has 0 spiro atoms. The highest BCUT2D eigenvalue weighted by atomic mass is 16.5. The Morgan fingerprint density at radius 2 is 1.89 bits per heavy atom. The van der Waals surface area contributed by atoms with Crippen molar-refractivity contribution in [1.82, 2.24) is 10.3 Å². The van der Waals surface area contributed by atoms with Crippen LogP contribution in [0.5, 0.6) is 11.5 Å². The van der Waals surface area contributed by atoms with Crippen LogP contribution in [0.1, 0.15) is 23.7 Å². The van der Waals surface area contributed by atoms with Crippen molar-refractivity contribution in [1.29, 1.82) is 0 Å². The fraction of sp³-hybridized carbons (Fsp3) is 0.312. The molecule has 1 aromatic carbocycles. The van der Waals surface area contributed by atoms with E-state index >= 15 is 0 Å². The minimum Gasteiger partial charge on any atom is -0.457 e. The second-order valence-electron chi connectivity index (χ2n) is 4.63. The number of rotatable bonds is 5. The van der Waals surface area contributed by atoms with Crippen LogP contribution >= 0.6 is 0 Å². The highest BCUT2D eigenvalue weighted by Crippen LogP contribution is 2.25. The monoisotopic (exact) mass is 256 g/mol. The van der Waals surface area contributed by atoms with Crippen LogP contribution < -0.4 is 10.1 Å². The molecule has 1 aromatic heterocycles. The lowest BCUT2D eigenvalue weighted by Gasteiger charge is -2.12. The summed E-state index contributed by atoms with van der Waals surface area (Å²) in [6, 6.07) is 10.1. The van der Waals surface area contributed by atoms with Crippen LogP contribution in [-0.4, -0.2) is 11.5 Å². The van der Waals surface area contributed by atoms with Gasteiger partial charge in [0.25, 0.3) is 0 Å². The van der Waals surface area contributed by atoms with Gasteiger partial charge in [0, 0.05) is 30.1 Å². The Morgan fingerprint density at radius 3 is 2.58 bits per heavy atom. The summed E-state index contributed by atoms with van der Waals surface area (Å²) in [6.07, 6.45) is 1.88. The number of benzene rings is 1. The van der Waals surface area contributed by atoms with E-state index in [2.05, 4.69) is 24.1 Å². The van der Waals surface area contributed by atoms with Crippen molar-refractivity contribution >= 4 is 0 Å². The van der Waals surface area contributed by atoms with Crippen molar-refractivity contribution in [2.45, 2.75) is 27.3 Å². The summed E-state index contributed by atoms with van der Waals surface area (Å²) in [5.74, 6) is 1.73. The number of ether oxygens (including phenoxy) is 1. The fourth-order valence-electron chi connectivity index (χ4n) is 1.78. The van der Waals surface area contributed by atoms with Gasteiger partial charge < -0.3 is 10.1 Å². The predicted octanol–water partition coefficient (Wildman–Crippen LogP) is 3.60. The third kappa shape index (κ3) is 3.80. The summed E-state index contributed by atoms with van der Waals surface area (Å²) in [5.41, 5.74) is 3.27. The van der Waals surface area contributed by atoms with E-state index in [-0.39, 0.29) is 0 Å². The lowest BCUT2D eigenvalue weighted by molar-refractivity contribution is 0.471. The van der Waals surface area contributed by atoms with E-state index in [4.69, 9.17) is 4.74 Å². The normalized spacial score (nSPS) is 10.5. The zero-order valence-electron chi connectivity index (χ0n) is 11.7. The molecule has 0 unspecified atom stereocenters. The molecule has 19 heavy (non-hydrogen) atoms. The Morgan fingerprint density at radius 1 is 1.16 bits per heavy atom. The fourth-order valence-corrected chi connectivity index (χ4v) is 1.78. The number of aryl methyl sites for hydroxylation is 2. The van der Waals surface area contributed by atoms with Gasteiger partial charge in [-0.3, -0.25) is 4.98 Å². The summed E-state index contributed by atoms with van der Waals surface area (Å²) in [5, 5.41) is 3.30. The van der Waals surface area contributed by atoms with Gasteiger partial charge in [-0.05, 0) is 32.5 Å². The van der Waals surface area contributed by atoms with Crippen LogP contribution in [-0.2, 0) is 6.54 Å². The highest BCUT2D eigenvalue weighted by Gasteiger charge is 2.06. The molecular formula is C16H20N2O. The zero-order valence-corrected chi connectivity index (χ0v) is 11.7. The summed E-state index contributed by atoms with van der Waals surface area (Å²) in [7, 11) is 0. The van der Waals surface area contributed by atoms with Crippen LogP contribution in [0.4, 0.5) is 0 Å². The van der Waals surface area contributed by atoms with Gasteiger partial charge in [0.1, 0.15) is 11.5 Å². The number of pyridine rings is 1. The van der Waals surface area contributed by atoms with E-state index in [0.29, 0.717) is 0 Å². The first-order valence-electron chi connectivity index (χ1n) is 6.60. The largest absolute Gasteiger partial charge is 0.457 e.